The summed E-state index contributed by atoms with van der Waals surface area (Å²) in [6, 6.07) is 44.0. The normalized spacial score (nSPS) is 16.6. The number of allylic oxidation sites excluding steroid dienone is 7. The van der Waals surface area contributed by atoms with Crippen molar-refractivity contribution >= 4 is 34.1 Å². The van der Waals surface area contributed by atoms with E-state index in [0.717, 1.165) is 30.6 Å². The lowest BCUT2D eigenvalue weighted by Crippen LogP contribution is -2.18. The summed E-state index contributed by atoms with van der Waals surface area (Å²) in [5, 5.41) is 2.28. The van der Waals surface area contributed by atoms with Crippen molar-refractivity contribution in [3.63, 3.8) is 0 Å². The van der Waals surface area contributed by atoms with Crippen LogP contribution in [0.3, 0.4) is 0 Å². The van der Waals surface area contributed by atoms with Crippen LogP contribution in [0.15, 0.2) is 169 Å². The summed E-state index contributed by atoms with van der Waals surface area (Å²) in [4.78, 5) is 0. The molecule has 0 spiro atoms. The molecule has 5 aromatic carbocycles. The van der Waals surface area contributed by atoms with Crippen molar-refractivity contribution in [3.05, 3.63) is 203 Å². The lowest BCUT2D eigenvalue weighted by atomic mass is 9.76. The maximum atomic E-state index is 4.63. The Hall–Kier alpha value is -5.11. The van der Waals surface area contributed by atoms with Gasteiger partial charge in [-0.2, -0.15) is 0 Å². The van der Waals surface area contributed by atoms with Crippen molar-refractivity contribution < 1.29 is 0 Å². The molecule has 0 radical (unpaired) electrons. The van der Waals surface area contributed by atoms with E-state index in [1.807, 2.05) is 11.8 Å². The summed E-state index contributed by atoms with van der Waals surface area (Å²) in [7, 11) is 0. The first-order valence-corrected chi connectivity index (χ1v) is 18.3. The van der Waals surface area contributed by atoms with E-state index in [1.54, 1.807) is 0 Å². The Labute approximate surface area is 295 Å². The maximum absolute atomic E-state index is 4.63. The third-order valence-electron chi connectivity index (χ3n) is 10.4. The Kier molecular flexibility index (Phi) is 8.54. The highest BCUT2D eigenvalue weighted by atomic mass is 32.2. The molecular weight excluding hydrogens is 609 g/mol. The number of thioether (sulfide) groups is 1. The second-order valence-electron chi connectivity index (χ2n) is 13.4. The fraction of sp³-hybridized carbons (Fsp3) is 0.125. The van der Waals surface area contributed by atoms with Crippen LogP contribution in [0.1, 0.15) is 53.1 Å². The van der Waals surface area contributed by atoms with Crippen LogP contribution in [-0.4, -0.2) is 5.75 Å². The smallest absolute Gasteiger partial charge is 0.0234 e. The van der Waals surface area contributed by atoms with Crippen molar-refractivity contribution in [1.29, 1.82) is 0 Å². The molecule has 49 heavy (non-hydrogen) atoms. The van der Waals surface area contributed by atoms with Crippen LogP contribution in [0.25, 0.3) is 44.5 Å². The third-order valence-corrected chi connectivity index (χ3v) is 11.1. The summed E-state index contributed by atoms with van der Waals surface area (Å²) >= 11 is 1.90. The van der Waals surface area contributed by atoms with Gasteiger partial charge in [0, 0.05) is 5.75 Å². The van der Waals surface area contributed by atoms with Gasteiger partial charge < -0.3 is 0 Å². The maximum Gasteiger partial charge on any atom is 0.0234 e. The van der Waals surface area contributed by atoms with Gasteiger partial charge in [0.25, 0.3) is 0 Å². The number of rotatable bonds is 8. The lowest BCUT2D eigenvalue weighted by Gasteiger charge is -2.31. The molecule has 1 unspecified atom stereocenters. The summed E-state index contributed by atoms with van der Waals surface area (Å²) in [5.41, 5.74) is 20.8. The number of hydrogen-bond acceptors (Lipinski definition) is 1. The molecule has 0 aromatic heterocycles. The average molecular weight is 649 g/mol. The van der Waals surface area contributed by atoms with Gasteiger partial charge in [-0.05, 0) is 121 Å². The molecule has 1 heterocycles. The van der Waals surface area contributed by atoms with Gasteiger partial charge in [-0.25, -0.2) is 0 Å². The third kappa shape index (κ3) is 6.05. The molecule has 1 heteroatoms. The molecule has 3 aliphatic rings. The minimum absolute atomic E-state index is 0.473. The van der Waals surface area contributed by atoms with E-state index in [-0.39, 0.29) is 0 Å². The SMILES string of the molecule is C=C(C/C=C(/C=C(\C)c1ccccc1)c1ccc(-c2cccc3c2-c2ccccc2C3=C)cc1)CC1Cc2ccccc2C2=C1C=CSC2. The van der Waals surface area contributed by atoms with Gasteiger partial charge in [-0.3, -0.25) is 0 Å². The van der Waals surface area contributed by atoms with Crippen LogP contribution in [-0.2, 0) is 6.42 Å². The Morgan fingerprint density at radius 2 is 1.43 bits per heavy atom. The highest BCUT2D eigenvalue weighted by molar-refractivity contribution is 8.02. The molecule has 0 amide bonds. The van der Waals surface area contributed by atoms with Crippen LogP contribution in [0.4, 0.5) is 0 Å². The number of fused-ring (bicyclic) bond motifs is 5. The average Bonchev–Trinajstić information content (AvgIpc) is 3.45. The molecule has 1 aliphatic heterocycles. The van der Waals surface area contributed by atoms with Crippen molar-refractivity contribution in [2.75, 3.05) is 5.75 Å². The summed E-state index contributed by atoms with van der Waals surface area (Å²) < 4.78 is 0. The minimum atomic E-state index is 0.473. The van der Waals surface area contributed by atoms with Gasteiger partial charge in [0.05, 0.1) is 0 Å². The van der Waals surface area contributed by atoms with Gasteiger partial charge in [0.1, 0.15) is 0 Å². The Balaban J connectivity index is 1.09. The second-order valence-corrected chi connectivity index (χ2v) is 14.3. The summed E-state index contributed by atoms with van der Waals surface area (Å²) in [5.74, 6) is 1.53. The van der Waals surface area contributed by atoms with E-state index < -0.39 is 0 Å². The highest BCUT2D eigenvalue weighted by Gasteiger charge is 2.27. The first-order chi connectivity index (χ1) is 24.0. The van der Waals surface area contributed by atoms with Gasteiger partial charge in [-0.1, -0.05) is 158 Å². The van der Waals surface area contributed by atoms with Crippen molar-refractivity contribution in [1.82, 2.24) is 0 Å². The molecule has 8 rings (SSSR count). The molecule has 0 saturated carbocycles. The molecule has 1 atom stereocenters. The van der Waals surface area contributed by atoms with Crippen LogP contribution < -0.4 is 0 Å². The fourth-order valence-electron chi connectivity index (χ4n) is 7.85. The van der Waals surface area contributed by atoms with Crippen LogP contribution in [0.5, 0.6) is 0 Å². The number of hydrogen-bond donors (Lipinski definition) is 0. The lowest BCUT2D eigenvalue weighted by molar-refractivity contribution is 0.603. The van der Waals surface area contributed by atoms with Crippen LogP contribution in [0, 0.1) is 5.92 Å². The van der Waals surface area contributed by atoms with E-state index in [2.05, 4.69) is 165 Å². The molecule has 0 saturated heterocycles. The molecule has 0 nitrogen and oxygen atoms in total. The predicted octanol–water partition coefficient (Wildman–Crippen LogP) is 13.1. The molecule has 0 fully saturated rings. The zero-order valence-corrected chi connectivity index (χ0v) is 28.9. The zero-order chi connectivity index (χ0) is 33.3. The van der Waals surface area contributed by atoms with Crippen LogP contribution in [0.2, 0.25) is 0 Å². The topological polar surface area (TPSA) is 0 Å². The molecule has 0 N–H and O–H groups in total. The zero-order valence-electron chi connectivity index (χ0n) is 28.1. The Morgan fingerprint density at radius 1 is 0.735 bits per heavy atom. The fourth-order valence-corrected chi connectivity index (χ4v) is 8.68. The molecular formula is C48H40S. The van der Waals surface area contributed by atoms with Gasteiger partial charge in [-0.15, -0.1) is 11.8 Å². The molecule has 5 aromatic rings. The predicted molar refractivity (Wildman–Crippen MR) is 214 cm³/mol. The standard InChI is InChI=1S/C48H40S/c1-32(28-40-30-39-14-7-8-16-43(39)47-31-49-27-26-44(40)47)20-21-38(29-33(2)35-12-5-4-6-13-35)36-22-24-37(25-23-36)45-19-11-18-42-34(3)41-15-9-10-17-46(41)48(42)45/h4-19,21-27,29,40H,1,3,20,28,30-31H2,2H3/b33-29+,38-21-. The first kappa shape index (κ1) is 31.2. The van der Waals surface area contributed by atoms with E-state index in [1.165, 1.54) is 83.5 Å². The monoisotopic (exact) mass is 648 g/mol. The largest absolute Gasteiger partial charge is 0.129 e. The molecule has 238 valence electrons. The van der Waals surface area contributed by atoms with E-state index >= 15 is 0 Å². The van der Waals surface area contributed by atoms with E-state index in [0.29, 0.717) is 5.92 Å². The summed E-state index contributed by atoms with van der Waals surface area (Å²) in [6.45, 7) is 11.3. The minimum Gasteiger partial charge on any atom is -0.129 e. The number of benzene rings is 5. The van der Waals surface area contributed by atoms with Crippen molar-refractivity contribution in [2.24, 2.45) is 5.92 Å². The first-order valence-electron chi connectivity index (χ1n) is 17.3. The van der Waals surface area contributed by atoms with E-state index in [9.17, 15) is 0 Å². The Morgan fingerprint density at radius 3 is 2.24 bits per heavy atom. The van der Waals surface area contributed by atoms with E-state index in [4.69, 9.17) is 0 Å². The summed E-state index contributed by atoms with van der Waals surface area (Å²) in [6.07, 6.45) is 10.0. The van der Waals surface area contributed by atoms with Crippen molar-refractivity contribution in [3.8, 4) is 22.3 Å². The highest BCUT2D eigenvalue weighted by Crippen LogP contribution is 2.48. The Bertz CT molecular complexity index is 2220. The molecule has 0 bridgehead atoms. The second kappa shape index (κ2) is 13.4. The van der Waals surface area contributed by atoms with Gasteiger partial charge in [0.2, 0.25) is 0 Å². The quantitative estimate of drug-likeness (QED) is 0.117. The van der Waals surface area contributed by atoms with Crippen LogP contribution >= 0.6 is 11.8 Å². The van der Waals surface area contributed by atoms with Gasteiger partial charge in [0.15, 0.2) is 0 Å². The van der Waals surface area contributed by atoms with Crippen molar-refractivity contribution in [2.45, 2.75) is 26.2 Å². The molecule has 2 aliphatic carbocycles. The van der Waals surface area contributed by atoms with Gasteiger partial charge >= 0.3 is 0 Å².